The number of hydrogen-bond acceptors (Lipinski definition) is 5. The van der Waals surface area contributed by atoms with Crippen LogP contribution in [0.4, 0.5) is 10.5 Å². The highest BCUT2D eigenvalue weighted by molar-refractivity contribution is 7.91. The summed E-state index contributed by atoms with van der Waals surface area (Å²) in [4.78, 5) is 13.0. The molecule has 1 aromatic carbocycles. The van der Waals surface area contributed by atoms with Crippen LogP contribution in [0, 0.1) is 0 Å². The number of carbonyl (C=O) groups excluding carboxylic acids is 1. The van der Waals surface area contributed by atoms with Crippen molar-refractivity contribution in [3.8, 4) is 5.88 Å². The van der Waals surface area contributed by atoms with E-state index < -0.39 is 15.9 Å². The zero-order valence-electron chi connectivity index (χ0n) is 17.6. The van der Waals surface area contributed by atoms with Gasteiger partial charge in [0.15, 0.2) is 9.92 Å². The molecule has 2 atom stereocenters. The lowest BCUT2D eigenvalue weighted by molar-refractivity contribution is 0.0568. The molecule has 166 valence electrons. The number of anilines is 1. The van der Waals surface area contributed by atoms with Crippen LogP contribution in [0.1, 0.15) is 41.5 Å². The number of ether oxygens (including phenoxy) is 2. The predicted octanol–water partition coefficient (Wildman–Crippen LogP) is 2.59. The number of carbonyl (C=O) groups is 1. The molecule has 0 spiro atoms. The Bertz CT molecular complexity index is 1130. The topological polar surface area (TPSA) is 121 Å². The van der Waals surface area contributed by atoms with E-state index in [-0.39, 0.29) is 16.9 Å². The van der Waals surface area contributed by atoms with Crippen LogP contribution in [0.15, 0.2) is 21.5 Å². The van der Waals surface area contributed by atoms with Crippen LogP contribution in [0.5, 0.6) is 5.88 Å². The molecule has 2 aromatic rings. The molecule has 0 saturated heterocycles. The zero-order chi connectivity index (χ0) is 21.6. The van der Waals surface area contributed by atoms with Crippen LogP contribution in [-0.4, -0.2) is 39.8 Å². The molecule has 3 N–H and O–H groups in total. The molecule has 2 amide bonds. The van der Waals surface area contributed by atoms with Crippen molar-refractivity contribution in [2.75, 3.05) is 19.0 Å². The number of urea groups is 1. The van der Waals surface area contributed by atoms with Gasteiger partial charge in [0, 0.05) is 19.3 Å². The smallest absolute Gasteiger partial charge is 0.354 e. The quantitative estimate of drug-likeness (QED) is 0.752. The average molecular weight is 446 g/mol. The van der Waals surface area contributed by atoms with Crippen molar-refractivity contribution in [3.63, 3.8) is 0 Å². The summed E-state index contributed by atoms with van der Waals surface area (Å²) in [6, 6.07) is 1.58. The highest BCUT2D eigenvalue weighted by Crippen LogP contribution is 2.38. The molecule has 0 fully saturated rings. The molecule has 1 aromatic heterocycles. The maximum atomic E-state index is 13.2. The fourth-order valence-corrected chi connectivity index (χ4v) is 5.84. The SMILES string of the molecule is CO[C@H]1CCn2ncc(S(N)(=O)=NC(=O)Nc3c4c(cc5c3CCC5)CCC4)c2OC1. The van der Waals surface area contributed by atoms with E-state index in [1.165, 1.54) is 28.5 Å². The Hall–Kier alpha value is -2.43. The first kappa shape index (κ1) is 20.5. The van der Waals surface area contributed by atoms with Gasteiger partial charge in [-0.15, -0.1) is 4.36 Å². The number of aromatic nitrogens is 2. The van der Waals surface area contributed by atoms with E-state index in [0.29, 0.717) is 19.6 Å². The zero-order valence-corrected chi connectivity index (χ0v) is 18.4. The summed E-state index contributed by atoms with van der Waals surface area (Å²) in [5.41, 5.74) is 5.81. The number of nitrogens with two attached hydrogens (primary N) is 1. The lowest BCUT2D eigenvalue weighted by Crippen LogP contribution is -2.21. The molecule has 9 nitrogen and oxygen atoms in total. The molecule has 2 heterocycles. The fourth-order valence-electron chi connectivity index (χ4n) is 4.84. The van der Waals surface area contributed by atoms with Crippen LogP contribution in [0.3, 0.4) is 0 Å². The van der Waals surface area contributed by atoms with Gasteiger partial charge in [0.2, 0.25) is 5.88 Å². The van der Waals surface area contributed by atoms with Gasteiger partial charge >= 0.3 is 6.03 Å². The first-order valence-electron chi connectivity index (χ1n) is 10.7. The van der Waals surface area contributed by atoms with E-state index in [9.17, 15) is 9.00 Å². The van der Waals surface area contributed by atoms with Gasteiger partial charge < -0.3 is 14.8 Å². The number of rotatable bonds is 3. The number of amides is 2. The van der Waals surface area contributed by atoms with E-state index >= 15 is 0 Å². The molecule has 2 aliphatic carbocycles. The molecule has 0 radical (unpaired) electrons. The Balaban J connectivity index is 1.44. The lowest BCUT2D eigenvalue weighted by Gasteiger charge is -2.15. The molecule has 5 rings (SSSR count). The molecule has 0 saturated carbocycles. The summed E-state index contributed by atoms with van der Waals surface area (Å²) >= 11 is 0. The molecular weight excluding hydrogens is 418 g/mol. The summed E-state index contributed by atoms with van der Waals surface area (Å²) in [6.45, 7) is 0.830. The summed E-state index contributed by atoms with van der Waals surface area (Å²) < 4.78 is 29.8. The number of aryl methyl sites for hydroxylation is 3. The lowest BCUT2D eigenvalue weighted by atomic mass is 9.99. The summed E-state index contributed by atoms with van der Waals surface area (Å²) in [5.74, 6) is 0.282. The van der Waals surface area contributed by atoms with Gasteiger partial charge in [-0.2, -0.15) is 5.10 Å². The number of nitrogens with zero attached hydrogens (tertiary/aromatic N) is 3. The summed E-state index contributed by atoms with van der Waals surface area (Å²) in [5, 5.41) is 13.2. The Labute approximate surface area is 181 Å². The Morgan fingerprint density at radius 2 is 2.00 bits per heavy atom. The molecule has 1 aliphatic heterocycles. The van der Waals surface area contributed by atoms with Gasteiger partial charge in [-0.05, 0) is 67.2 Å². The van der Waals surface area contributed by atoms with Crippen molar-refractivity contribution in [3.05, 3.63) is 34.5 Å². The van der Waals surface area contributed by atoms with Gasteiger partial charge in [-0.25, -0.2) is 18.8 Å². The van der Waals surface area contributed by atoms with Gasteiger partial charge in [-0.3, -0.25) is 0 Å². The van der Waals surface area contributed by atoms with Crippen molar-refractivity contribution >= 4 is 21.6 Å². The van der Waals surface area contributed by atoms with Gasteiger partial charge in [0.05, 0.1) is 12.3 Å². The largest absolute Gasteiger partial charge is 0.474 e. The molecule has 3 aliphatic rings. The van der Waals surface area contributed by atoms with Crippen LogP contribution in [0.2, 0.25) is 0 Å². The predicted molar refractivity (Wildman–Crippen MR) is 116 cm³/mol. The Morgan fingerprint density at radius 1 is 1.29 bits per heavy atom. The minimum Gasteiger partial charge on any atom is -0.474 e. The van der Waals surface area contributed by atoms with Gasteiger partial charge in [0.1, 0.15) is 11.5 Å². The van der Waals surface area contributed by atoms with E-state index in [1.807, 2.05) is 0 Å². The van der Waals surface area contributed by atoms with E-state index in [0.717, 1.165) is 44.2 Å². The van der Waals surface area contributed by atoms with Gasteiger partial charge in [0.25, 0.3) is 0 Å². The van der Waals surface area contributed by atoms with Crippen molar-refractivity contribution in [1.82, 2.24) is 9.78 Å². The third-order valence-electron chi connectivity index (χ3n) is 6.40. The third-order valence-corrected chi connectivity index (χ3v) is 7.75. The Morgan fingerprint density at radius 3 is 2.68 bits per heavy atom. The number of nitrogens with one attached hydrogen (secondary N) is 1. The minimum absolute atomic E-state index is 0.0918. The van der Waals surface area contributed by atoms with Crippen molar-refractivity contribution in [2.24, 2.45) is 9.50 Å². The third kappa shape index (κ3) is 3.72. The second kappa shape index (κ2) is 7.92. The molecule has 1 unspecified atom stereocenters. The van der Waals surface area contributed by atoms with Crippen molar-refractivity contribution in [2.45, 2.75) is 62.5 Å². The number of benzene rings is 1. The maximum Gasteiger partial charge on any atom is 0.354 e. The molecule has 10 heteroatoms. The Kier molecular flexibility index (Phi) is 5.23. The second-order valence-electron chi connectivity index (χ2n) is 8.32. The first-order valence-corrected chi connectivity index (χ1v) is 12.3. The van der Waals surface area contributed by atoms with Crippen molar-refractivity contribution < 1.29 is 18.5 Å². The van der Waals surface area contributed by atoms with Crippen LogP contribution in [-0.2, 0) is 46.9 Å². The van der Waals surface area contributed by atoms with Crippen molar-refractivity contribution in [1.29, 1.82) is 0 Å². The second-order valence-corrected chi connectivity index (χ2v) is 10.1. The number of fused-ring (bicyclic) bond motifs is 3. The first-order chi connectivity index (χ1) is 15.0. The monoisotopic (exact) mass is 445 g/mol. The minimum atomic E-state index is -3.53. The maximum absolute atomic E-state index is 13.2. The van der Waals surface area contributed by atoms with Crippen LogP contribution in [0.25, 0.3) is 0 Å². The normalized spacial score (nSPS) is 21.3. The van der Waals surface area contributed by atoms with Gasteiger partial charge in [-0.1, -0.05) is 6.07 Å². The van der Waals surface area contributed by atoms with E-state index in [4.69, 9.17) is 14.6 Å². The highest BCUT2D eigenvalue weighted by atomic mass is 32.2. The highest BCUT2D eigenvalue weighted by Gasteiger charge is 2.28. The summed E-state index contributed by atoms with van der Waals surface area (Å²) in [7, 11) is -1.92. The molecule has 31 heavy (non-hydrogen) atoms. The molecular formula is C21H27N5O4S. The van der Waals surface area contributed by atoms with Crippen LogP contribution < -0.4 is 15.2 Å². The fraction of sp³-hybridized carbons (Fsp3) is 0.524. The number of hydrogen-bond donors (Lipinski definition) is 2. The van der Waals surface area contributed by atoms with E-state index in [1.54, 1.807) is 11.8 Å². The van der Waals surface area contributed by atoms with Crippen LogP contribution >= 0.6 is 0 Å². The molecule has 0 bridgehead atoms. The average Bonchev–Trinajstić information content (AvgIpc) is 3.45. The standard InChI is InChI=1S/C21H27N5O4S/c1-29-15-8-9-26-20(30-12-15)18(11-23-26)31(22,28)25-21(27)24-19-16-6-2-4-13(16)10-14-5-3-7-17(14)19/h10-11,15H,2-9,12H2,1H3,(H3,22,24,25,27,28)/t15-,31?/m0/s1. The van der Waals surface area contributed by atoms with E-state index in [2.05, 4.69) is 20.8 Å². The summed E-state index contributed by atoms with van der Waals surface area (Å²) in [6.07, 6.45) is 8.06. The number of methoxy groups -OCH3 is 1.